The molecule has 2 rings (SSSR count). The zero-order chi connectivity index (χ0) is 10.8. The van der Waals surface area contributed by atoms with Gasteiger partial charge in [0, 0.05) is 20.9 Å². The fourth-order valence-corrected chi connectivity index (χ4v) is 2.33. The minimum Gasteiger partial charge on any atom is -0.298 e. The first-order valence-electron chi connectivity index (χ1n) is 4.52. The summed E-state index contributed by atoms with van der Waals surface area (Å²) in [7, 11) is 0. The number of rotatable bonds is 2. The van der Waals surface area contributed by atoms with Gasteiger partial charge >= 0.3 is 0 Å². The smallest absolute Gasteiger partial charge is 0.150 e. The summed E-state index contributed by atoms with van der Waals surface area (Å²) >= 11 is 1.55. The predicted molar refractivity (Wildman–Crippen MR) is 59.8 cm³/mol. The second-order valence-corrected chi connectivity index (χ2v) is 4.55. The van der Waals surface area contributed by atoms with Crippen LogP contribution in [0.1, 0.15) is 15.2 Å². The molecule has 15 heavy (non-hydrogen) atoms. The molecule has 0 aliphatic heterocycles. The minimum absolute atomic E-state index is 0.318. The molecule has 0 fully saturated rings. The Morgan fingerprint density at radius 3 is 2.67 bits per heavy atom. The topological polar surface area (TPSA) is 17.1 Å². The average molecular weight is 220 g/mol. The number of thiophene rings is 1. The van der Waals surface area contributed by atoms with Gasteiger partial charge in [0.2, 0.25) is 0 Å². The molecule has 0 saturated heterocycles. The Hall–Kier alpha value is -1.48. The van der Waals surface area contributed by atoms with Crippen molar-refractivity contribution in [2.75, 3.05) is 0 Å². The van der Waals surface area contributed by atoms with E-state index in [1.54, 1.807) is 11.3 Å². The first kappa shape index (κ1) is 10.1. The molecule has 0 aliphatic rings. The van der Waals surface area contributed by atoms with Gasteiger partial charge in [-0.05, 0) is 37.3 Å². The Morgan fingerprint density at radius 1 is 1.27 bits per heavy atom. The summed E-state index contributed by atoms with van der Waals surface area (Å²) in [5, 5.41) is 0. The first-order chi connectivity index (χ1) is 7.20. The summed E-state index contributed by atoms with van der Waals surface area (Å²) in [6.45, 7) is 1.98. The summed E-state index contributed by atoms with van der Waals surface area (Å²) in [5.41, 5.74) is 1.20. The molecular weight excluding hydrogens is 211 g/mol. The van der Waals surface area contributed by atoms with Crippen molar-refractivity contribution in [3.8, 4) is 10.4 Å². The number of aldehydes is 1. The van der Waals surface area contributed by atoms with Crippen molar-refractivity contribution >= 4 is 17.6 Å². The number of hydrogen-bond acceptors (Lipinski definition) is 2. The van der Waals surface area contributed by atoms with Crippen molar-refractivity contribution in [1.82, 2.24) is 0 Å². The standard InChI is InChI=1S/C12H9FOS/c1-8-2-5-12(15-8)11-6-10(13)4-3-9(11)7-14/h2-7H,1H3. The van der Waals surface area contributed by atoms with E-state index < -0.39 is 0 Å². The largest absolute Gasteiger partial charge is 0.298 e. The molecule has 76 valence electrons. The van der Waals surface area contributed by atoms with Crippen LogP contribution < -0.4 is 0 Å². The van der Waals surface area contributed by atoms with Crippen molar-refractivity contribution in [1.29, 1.82) is 0 Å². The van der Waals surface area contributed by atoms with Crippen LogP contribution in [0.2, 0.25) is 0 Å². The van der Waals surface area contributed by atoms with E-state index in [2.05, 4.69) is 0 Å². The number of carbonyl (C=O) groups excluding carboxylic acids is 1. The number of carbonyl (C=O) groups is 1. The van der Waals surface area contributed by atoms with Crippen LogP contribution in [-0.2, 0) is 0 Å². The normalized spacial score (nSPS) is 10.3. The molecule has 1 heterocycles. The minimum atomic E-state index is -0.318. The van der Waals surface area contributed by atoms with Gasteiger partial charge in [-0.1, -0.05) is 0 Å². The van der Waals surface area contributed by atoms with Crippen LogP contribution >= 0.6 is 11.3 Å². The lowest BCUT2D eigenvalue weighted by Crippen LogP contribution is -1.86. The van der Waals surface area contributed by atoms with Crippen molar-refractivity contribution in [2.24, 2.45) is 0 Å². The van der Waals surface area contributed by atoms with Crippen LogP contribution in [-0.4, -0.2) is 6.29 Å². The Bertz CT molecular complexity index is 502. The lowest BCUT2D eigenvalue weighted by Gasteiger charge is -2.01. The number of benzene rings is 1. The van der Waals surface area contributed by atoms with Gasteiger partial charge < -0.3 is 0 Å². The maximum absolute atomic E-state index is 13.1. The Labute approximate surface area is 91.2 Å². The van der Waals surface area contributed by atoms with Crippen LogP contribution in [0.5, 0.6) is 0 Å². The first-order valence-corrected chi connectivity index (χ1v) is 5.34. The Balaban J connectivity index is 2.59. The fourth-order valence-electron chi connectivity index (χ4n) is 1.42. The van der Waals surface area contributed by atoms with Gasteiger partial charge in [-0.2, -0.15) is 0 Å². The van der Waals surface area contributed by atoms with Gasteiger partial charge in [-0.15, -0.1) is 11.3 Å². The molecule has 1 nitrogen and oxygen atoms in total. The molecule has 3 heteroatoms. The summed E-state index contributed by atoms with van der Waals surface area (Å²) in [6.07, 6.45) is 0.754. The summed E-state index contributed by atoms with van der Waals surface area (Å²) in [5.74, 6) is -0.318. The highest BCUT2D eigenvalue weighted by atomic mass is 32.1. The summed E-state index contributed by atoms with van der Waals surface area (Å²) < 4.78 is 13.1. The number of halogens is 1. The van der Waals surface area contributed by atoms with E-state index in [1.165, 1.54) is 18.2 Å². The zero-order valence-electron chi connectivity index (χ0n) is 8.16. The second-order valence-electron chi connectivity index (χ2n) is 3.26. The molecule has 0 aliphatic carbocycles. The van der Waals surface area contributed by atoms with Gasteiger partial charge in [-0.25, -0.2) is 4.39 Å². The second kappa shape index (κ2) is 3.95. The van der Waals surface area contributed by atoms with Crippen molar-refractivity contribution in [3.05, 3.63) is 46.6 Å². The lowest BCUT2D eigenvalue weighted by molar-refractivity contribution is 0.112. The van der Waals surface area contributed by atoms with Crippen LogP contribution in [0.4, 0.5) is 4.39 Å². The highest BCUT2D eigenvalue weighted by molar-refractivity contribution is 7.15. The van der Waals surface area contributed by atoms with Crippen LogP contribution in [0, 0.1) is 12.7 Å². The van der Waals surface area contributed by atoms with Gasteiger partial charge in [0.1, 0.15) is 5.82 Å². The summed E-state index contributed by atoms with van der Waals surface area (Å²) in [4.78, 5) is 12.9. The van der Waals surface area contributed by atoms with Gasteiger partial charge in [0.15, 0.2) is 6.29 Å². The van der Waals surface area contributed by atoms with E-state index in [1.807, 2.05) is 19.1 Å². The van der Waals surface area contributed by atoms with Gasteiger partial charge in [-0.3, -0.25) is 4.79 Å². The molecule has 1 aromatic carbocycles. The van der Waals surface area contributed by atoms with E-state index in [-0.39, 0.29) is 5.82 Å². The third-order valence-corrected chi connectivity index (χ3v) is 3.18. The molecule has 0 spiro atoms. The molecule has 0 amide bonds. The molecule has 1 aromatic heterocycles. The van der Waals surface area contributed by atoms with Crippen molar-refractivity contribution in [2.45, 2.75) is 6.92 Å². The Morgan fingerprint density at radius 2 is 2.07 bits per heavy atom. The molecule has 0 N–H and O–H groups in total. The summed E-state index contributed by atoms with van der Waals surface area (Å²) in [6, 6.07) is 8.07. The van der Waals surface area contributed by atoms with E-state index in [0.717, 1.165) is 16.0 Å². The molecule has 0 radical (unpaired) electrons. The molecule has 0 atom stereocenters. The maximum Gasteiger partial charge on any atom is 0.150 e. The quantitative estimate of drug-likeness (QED) is 0.706. The van der Waals surface area contributed by atoms with Crippen LogP contribution in [0.15, 0.2) is 30.3 Å². The van der Waals surface area contributed by atoms with E-state index in [0.29, 0.717) is 11.1 Å². The maximum atomic E-state index is 13.1. The number of hydrogen-bond donors (Lipinski definition) is 0. The predicted octanol–water partition coefficient (Wildman–Crippen LogP) is 3.68. The fraction of sp³-hybridized carbons (Fsp3) is 0.0833. The van der Waals surface area contributed by atoms with Crippen LogP contribution in [0.3, 0.4) is 0 Å². The van der Waals surface area contributed by atoms with Gasteiger partial charge in [0.25, 0.3) is 0 Å². The molecule has 2 aromatic rings. The van der Waals surface area contributed by atoms with E-state index in [9.17, 15) is 9.18 Å². The molecule has 0 saturated carbocycles. The lowest BCUT2D eigenvalue weighted by atomic mass is 10.1. The highest BCUT2D eigenvalue weighted by Crippen LogP contribution is 2.30. The third-order valence-electron chi connectivity index (χ3n) is 2.15. The van der Waals surface area contributed by atoms with Crippen LogP contribution in [0.25, 0.3) is 10.4 Å². The third kappa shape index (κ3) is 1.97. The molecular formula is C12H9FOS. The van der Waals surface area contributed by atoms with Crippen molar-refractivity contribution < 1.29 is 9.18 Å². The Kier molecular flexibility index (Phi) is 2.64. The average Bonchev–Trinajstić information content (AvgIpc) is 2.65. The monoisotopic (exact) mass is 220 g/mol. The highest BCUT2D eigenvalue weighted by Gasteiger charge is 2.07. The van der Waals surface area contributed by atoms with E-state index >= 15 is 0 Å². The number of aryl methyl sites for hydroxylation is 1. The zero-order valence-corrected chi connectivity index (χ0v) is 8.98. The van der Waals surface area contributed by atoms with Gasteiger partial charge in [0.05, 0.1) is 0 Å². The van der Waals surface area contributed by atoms with Crippen molar-refractivity contribution in [3.63, 3.8) is 0 Å². The molecule has 0 bridgehead atoms. The van der Waals surface area contributed by atoms with E-state index in [4.69, 9.17) is 0 Å². The SMILES string of the molecule is Cc1ccc(-c2cc(F)ccc2C=O)s1. The molecule has 0 unspecified atom stereocenters.